The summed E-state index contributed by atoms with van der Waals surface area (Å²) in [5, 5.41) is 4.05. The van der Waals surface area contributed by atoms with Crippen LogP contribution in [-0.4, -0.2) is 55.9 Å². The smallest absolute Gasteiger partial charge is 0.246 e. The van der Waals surface area contributed by atoms with Crippen LogP contribution in [0.2, 0.25) is 0 Å². The molecule has 1 aromatic rings. The number of halogens is 1. The third kappa shape index (κ3) is 3.95. The van der Waals surface area contributed by atoms with E-state index in [0.717, 1.165) is 6.42 Å². The van der Waals surface area contributed by atoms with Crippen molar-refractivity contribution in [1.29, 1.82) is 0 Å². The molecule has 2 N–H and O–H groups in total. The van der Waals surface area contributed by atoms with Crippen molar-refractivity contribution in [3.05, 3.63) is 12.4 Å². The van der Waals surface area contributed by atoms with E-state index in [-0.39, 0.29) is 22.7 Å². The summed E-state index contributed by atoms with van der Waals surface area (Å²) in [5.41, 5.74) is 5.59. The first-order valence-corrected chi connectivity index (χ1v) is 8.07. The quantitative estimate of drug-likeness (QED) is 0.806. The number of aromatic nitrogens is 2. The predicted molar refractivity (Wildman–Crippen MR) is 81.9 cm³/mol. The average molecular weight is 339 g/mol. The van der Waals surface area contributed by atoms with Crippen LogP contribution in [0.5, 0.6) is 0 Å². The van der Waals surface area contributed by atoms with Gasteiger partial charge in [0.1, 0.15) is 4.90 Å². The van der Waals surface area contributed by atoms with Gasteiger partial charge in [-0.25, -0.2) is 8.42 Å². The maximum atomic E-state index is 12.5. The van der Waals surface area contributed by atoms with E-state index < -0.39 is 10.0 Å². The van der Waals surface area contributed by atoms with E-state index in [4.69, 9.17) is 10.5 Å². The molecule has 1 fully saturated rings. The van der Waals surface area contributed by atoms with Crippen LogP contribution in [0.25, 0.3) is 0 Å². The molecule has 9 heteroatoms. The molecule has 2 rings (SSSR count). The Kier molecular flexibility index (Phi) is 6.18. The first kappa shape index (κ1) is 18.4. The number of hydrogen-bond acceptors (Lipinski definition) is 5. The molecule has 0 radical (unpaired) electrons. The fourth-order valence-electron chi connectivity index (χ4n) is 2.28. The van der Waals surface area contributed by atoms with Crippen LogP contribution in [0, 0.1) is 5.41 Å². The van der Waals surface area contributed by atoms with Gasteiger partial charge in [-0.3, -0.25) is 4.68 Å². The molecule has 1 aromatic heterocycles. The second-order valence-electron chi connectivity index (χ2n) is 5.54. The van der Waals surface area contributed by atoms with Crippen molar-refractivity contribution in [3.8, 4) is 0 Å². The number of nitrogens with zero attached hydrogens (tertiary/aromatic N) is 3. The molecule has 0 bridgehead atoms. The molecule has 2 heterocycles. The molecule has 1 atom stereocenters. The van der Waals surface area contributed by atoms with E-state index in [1.165, 1.54) is 10.5 Å². The van der Waals surface area contributed by atoms with Gasteiger partial charge in [0.2, 0.25) is 10.0 Å². The highest BCUT2D eigenvalue weighted by Crippen LogP contribution is 2.32. The fraction of sp³-hybridized carbons (Fsp3) is 0.750. The SMILES string of the molecule is COCCn1cc(S(=O)(=O)N2CCC(C)(CN)C2)cn1.Cl. The lowest BCUT2D eigenvalue weighted by Crippen LogP contribution is -2.34. The Morgan fingerprint density at radius 1 is 1.52 bits per heavy atom. The Hall–Kier alpha value is -0.670. The van der Waals surface area contributed by atoms with E-state index in [0.29, 0.717) is 32.8 Å². The van der Waals surface area contributed by atoms with Crippen LogP contribution in [0.4, 0.5) is 0 Å². The van der Waals surface area contributed by atoms with E-state index in [1.807, 2.05) is 6.92 Å². The third-order valence-corrected chi connectivity index (χ3v) is 5.59. The average Bonchev–Trinajstić information content (AvgIpc) is 3.04. The van der Waals surface area contributed by atoms with Crippen molar-refractivity contribution >= 4 is 22.4 Å². The summed E-state index contributed by atoms with van der Waals surface area (Å²) in [6, 6.07) is 0. The van der Waals surface area contributed by atoms with E-state index >= 15 is 0 Å². The van der Waals surface area contributed by atoms with Crippen molar-refractivity contribution < 1.29 is 13.2 Å². The summed E-state index contributed by atoms with van der Waals surface area (Å²) in [4.78, 5) is 0.231. The van der Waals surface area contributed by atoms with Crippen LogP contribution in [-0.2, 0) is 21.3 Å². The van der Waals surface area contributed by atoms with E-state index in [2.05, 4.69) is 5.10 Å². The molecule has 21 heavy (non-hydrogen) atoms. The molecule has 0 saturated carbocycles. The lowest BCUT2D eigenvalue weighted by molar-refractivity contribution is 0.183. The summed E-state index contributed by atoms with van der Waals surface area (Å²) in [6.07, 6.45) is 3.73. The van der Waals surface area contributed by atoms with E-state index in [9.17, 15) is 8.42 Å². The minimum atomic E-state index is -3.47. The zero-order valence-corrected chi connectivity index (χ0v) is 14.0. The molecule has 7 nitrogen and oxygen atoms in total. The lowest BCUT2D eigenvalue weighted by atomic mass is 9.90. The predicted octanol–water partition coefficient (Wildman–Crippen LogP) is 0.311. The minimum Gasteiger partial charge on any atom is -0.383 e. The molecule has 1 unspecified atom stereocenters. The van der Waals surface area contributed by atoms with Crippen LogP contribution in [0.15, 0.2) is 17.3 Å². The lowest BCUT2D eigenvalue weighted by Gasteiger charge is -2.21. The largest absolute Gasteiger partial charge is 0.383 e. The van der Waals surface area contributed by atoms with Gasteiger partial charge in [0.05, 0.1) is 19.3 Å². The summed E-state index contributed by atoms with van der Waals surface area (Å²) in [6.45, 7) is 4.52. The number of hydrogen-bond donors (Lipinski definition) is 1. The third-order valence-electron chi connectivity index (χ3n) is 3.79. The van der Waals surface area contributed by atoms with Gasteiger partial charge in [-0.2, -0.15) is 9.40 Å². The number of ether oxygens (including phenoxy) is 1. The van der Waals surface area contributed by atoms with Gasteiger partial charge in [-0.05, 0) is 18.4 Å². The normalized spacial score (nSPS) is 23.2. The molecular formula is C12H23ClN4O3S. The first-order valence-electron chi connectivity index (χ1n) is 6.63. The summed E-state index contributed by atoms with van der Waals surface area (Å²) < 4.78 is 33.1. The van der Waals surface area contributed by atoms with Crippen molar-refractivity contribution in [1.82, 2.24) is 14.1 Å². The topological polar surface area (TPSA) is 90.5 Å². The summed E-state index contributed by atoms with van der Waals surface area (Å²) in [5.74, 6) is 0. The maximum absolute atomic E-state index is 12.5. The Labute approximate surface area is 131 Å². The van der Waals surface area contributed by atoms with Crippen molar-refractivity contribution in [2.75, 3.05) is 33.4 Å². The number of nitrogens with two attached hydrogens (primary N) is 1. The highest BCUT2D eigenvalue weighted by molar-refractivity contribution is 7.89. The second kappa shape index (κ2) is 7.06. The summed E-state index contributed by atoms with van der Waals surface area (Å²) in [7, 11) is -1.87. The van der Waals surface area contributed by atoms with Crippen LogP contribution >= 0.6 is 12.4 Å². The van der Waals surface area contributed by atoms with Crippen molar-refractivity contribution in [2.24, 2.45) is 11.1 Å². The zero-order chi connectivity index (χ0) is 14.8. The van der Waals surface area contributed by atoms with E-state index in [1.54, 1.807) is 18.0 Å². The molecule has 0 aromatic carbocycles. The standard InChI is InChI=1S/C12H22N4O3S.ClH/c1-12(9-13)3-4-16(10-12)20(17,18)11-7-14-15(8-11)5-6-19-2;/h7-8H,3-6,9-10,13H2,1-2H3;1H. The Balaban J connectivity index is 0.00000220. The second-order valence-corrected chi connectivity index (χ2v) is 7.47. The highest BCUT2D eigenvalue weighted by Gasteiger charge is 2.39. The molecule has 1 aliphatic rings. The first-order chi connectivity index (χ1) is 9.41. The molecule has 122 valence electrons. The molecule has 1 saturated heterocycles. The summed E-state index contributed by atoms with van der Waals surface area (Å²) >= 11 is 0. The van der Waals surface area contributed by atoms with Crippen LogP contribution < -0.4 is 5.73 Å². The van der Waals surface area contributed by atoms with Crippen molar-refractivity contribution in [3.63, 3.8) is 0 Å². The zero-order valence-electron chi connectivity index (χ0n) is 12.4. The molecule has 0 aliphatic carbocycles. The Morgan fingerprint density at radius 3 is 2.81 bits per heavy atom. The Bertz CT molecular complexity index is 563. The maximum Gasteiger partial charge on any atom is 0.246 e. The monoisotopic (exact) mass is 338 g/mol. The highest BCUT2D eigenvalue weighted by atomic mass is 35.5. The molecule has 1 aliphatic heterocycles. The molecular weight excluding hydrogens is 316 g/mol. The number of rotatable bonds is 6. The van der Waals surface area contributed by atoms with Gasteiger partial charge in [0, 0.05) is 26.4 Å². The van der Waals surface area contributed by atoms with Gasteiger partial charge in [-0.1, -0.05) is 6.92 Å². The van der Waals surface area contributed by atoms with Gasteiger partial charge in [-0.15, -0.1) is 12.4 Å². The number of methoxy groups -OCH3 is 1. The van der Waals surface area contributed by atoms with Gasteiger partial charge < -0.3 is 10.5 Å². The minimum absolute atomic E-state index is 0. The molecule has 0 amide bonds. The van der Waals surface area contributed by atoms with Crippen LogP contribution in [0.1, 0.15) is 13.3 Å². The number of sulfonamides is 1. The van der Waals surface area contributed by atoms with Gasteiger partial charge >= 0.3 is 0 Å². The molecule has 0 spiro atoms. The van der Waals surface area contributed by atoms with Gasteiger partial charge in [0.25, 0.3) is 0 Å². The Morgan fingerprint density at radius 2 is 2.24 bits per heavy atom. The van der Waals surface area contributed by atoms with Crippen LogP contribution in [0.3, 0.4) is 0 Å². The fourth-order valence-corrected chi connectivity index (χ4v) is 3.83. The van der Waals surface area contributed by atoms with Gasteiger partial charge in [0.15, 0.2) is 0 Å². The van der Waals surface area contributed by atoms with Crippen molar-refractivity contribution in [2.45, 2.75) is 24.8 Å².